The zero-order valence-electron chi connectivity index (χ0n) is 10.7. The van der Waals surface area contributed by atoms with E-state index in [-0.39, 0.29) is 11.9 Å². The number of esters is 1. The van der Waals surface area contributed by atoms with Gasteiger partial charge in [-0.15, -0.1) is 6.58 Å². The van der Waals surface area contributed by atoms with Crippen LogP contribution in [-0.2, 0) is 14.3 Å². The van der Waals surface area contributed by atoms with Crippen LogP contribution in [0.2, 0.25) is 0 Å². The van der Waals surface area contributed by atoms with E-state index >= 15 is 0 Å². The van der Waals surface area contributed by atoms with Crippen LogP contribution >= 0.6 is 0 Å². The van der Waals surface area contributed by atoms with Gasteiger partial charge in [0.25, 0.3) is 0 Å². The maximum Gasteiger partial charge on any atom is 0.305 e. The number of ether oxygens (including phenoxy) is 1. The van der Waals surface area contributed by atoms with Crippen LogP contribution in [0.25, 0.3) is 0 Å². The van der Waals surface area contributed by atoms with E-state index in [1.807, 2.05) is 7.05 Å². The number of hydrogen-bond acceptors (Lipinski definition) is 3. The Balaban J connectivity index is 2.76. The molecule has 0 radical (unpaired) electrons. The summed E-state index contributed by atoms with van der Waals surface area (Å²) in [7, 11) is 3.19. The first-order valence-electron chi connectivity index (χ1n) is 5.99. The number of hydrogen-bond donors (Lipinski definition) is 0. The third-order valence-electron chi connectivity index (χ3n) is 3.52. The van der Waals surface area contributed by atoms with Gasteiger partial charge in [0.1, 0.15) is 0 Å². The summed E-state index contributed by atoms with van der Waals surface area (Å²) in [4.78, 5) is 25.2. The fourth-order valence-electron chi connectivity index (χ4n) is 2.51. The molecule has 1 rings (SSSR count). The number of carbonyl (C=O) groups excluding carboxylic acids is 2. The zero-order chi connectivity index (χ0) is 12.9. The summed E-state index contributed by atoms with van der Waals surface area (Å²) in [6.45, 7) is 4.52. The van der Waals surface area contributed by atoms with Crippen molar-refractivity contribution in [3.63, 3.8) is 0 Å². The molecule has 1 aliphatic rings. The van der Waals surface area contributed by atoms with Crippen LogP contribution < -0.4 is 0 Å². The Kier molecular flexibility index (Phi) is 4.73. The Bertz CT molecular complexity index is 314. The Labute approximate surface area is 103 Å². The molecule has 1 atom stereocenters. The number of carbonyl (C=O) groups is 2. The number of nitrogens with zero attached hydrogens (tertiary/aromatic N) is 1. The van der Waals surface area contributed by atoms with Crippen LogP contribution in [0, 0.1) is 5.41 Å². The molecule has 1 saturated heterocycles. The molecule has 0 spiro atoms. The van der Waals surface area contributed by atoms with Crippen LogP contribution in [0.4, 0.5) is 0 Å². The van der Waals surface area contributed by atoms with Crippen molar-refractivity contribution in [2.24, 2.45) is 5.41 Å². The van der Waals surface area contributed by atoms with Gasteiger partial charge in [0.05, 0.1) is 12.5 Å². The molecular formula is C13H21NO3. The van der Waals surface area contributed by atoms with Crippen molar-refractivity contribution in [3.8, 4) is 0 Å². The summed E-state index contributed by atoms with van der Waals surface area (Å²) in [5.74, 6) is -0.123. The van der Waals surface area contributed by atoms with Crippen molar-refractivity contribution in [1.29, 1.82) is 0 Å². The van der Waals surface area contributed by atoms with Crippen molar-refractivity contribution in [2.75, 3.05) is 20.7 Å². The lowest BCUT2D eigenvalue weighted by Crippen LogP contribution is -2.46. The van der Waals surface area contributed by atoms with E-state index < -0.39 is 5.41 Å². The lowest BCUT2D eigenvalue weighted by Gasteiger charge is -2.39. The van der Waals surface area contributed by atoms with Crippen LogP contribution in [0.15, 0.2) is 12.7 Å². The van der Waals surface area contributed by atoms with Gasteiger partial charge >= 0.3 is 5.97 Å². The molecule has 0 aliphatic carbocycles. The number of piperidine rings is 1. The molecule has 0 aromatic carbocycles. The van der Waals surface area contributed by atoms with E-state index in [1.54, 1.807) is 11.0 Å². The van der Waals surface area contributed by atoms with Gasteiger partial charge in [-0.05, 0) is 25.7 Å². The summed E-state index contributed by atoms with van der Waals surface area (Å²) in [5, 5.41) is 0. The first kappa shape index (κ1) is 13.7. The maximum absolute atomic E-state index is 12.3. The monoisotopic (exact) mass is 239 g/mol. The summed E-state index contributed by atoms with van der Waals surface area (Å²) in [6, 6.07) is 0. The summed E-state index contributed by atoms with van der Waals surface area (Å²) < 4.78 is 4.64. The minimum atomic E-state index is -0.442. The van der Waals surface area contributed by atoms with E-state index in [9.17, 15) is 9.59 Å². The molecule has 96 valence electrons. The summed E-state index contributed by atoms with van der Waals surface area (Å²) >= 11 is 0. The van der Waals surface area contributed by atoms with E-state index in [4.69, 9.17) is 0 Å². The number of allylic oxidation sites excluding steroid dienone is 1. The van der Waals surface area contributed by atoms with Crippen LogP contribution in [-0.4, -0.2) is 37.5 Å². The molecule has 17 heavy (non-hydrogen) atoms. The number of amides is 1. The fraction of sp³-hybridized carbons (Fsp3) is 0.692. The molecule has 0 aromatic rings. The Morgan fingerprint density at radius 1 is 1.65 bits per heavy atom. The molecule has 4 nitrogen and oxygen atoms in total. The lowest BCUT2D eigenvalue weighted by atomic mass is 9.73. The van der Waals surface area contributed by atoms with E-state index in [0.717, 1.165) is 19.4 Å². The van der Waals surface area contributed by atoms with Crippen molar-refractivity contribution in [1.82, 2.24) is 4.90 Å². The van der Waals surface area contributed by atoms with Gasteiger partial charge in [-0.25, -0.2) is 0 Å². The maximum atomic E-state index is 12.3. The highest BCUT2D eigenvalue weighted by atomic mass is 16.5. The van der Waals surface area contributed by atoms with Gasteiger partial charge in [0.2, 0.25) is 5.91 Å². The summed E-state index contributed by atoms with van der Waals surface area (Å²) in [6.07, 6.45) is 5.07. The van der Waals surface area contributed by atoms with Crippen molar-refractivity contribution in [3.05, 3.63) is 12.7 Å². The van der Waals surface area contributed by atoms with Crippen LogP contribution in [0.5, 0.6) is 0 Å². The van der Waals surface area contributed by atoms with E-state index in [2.05, 4.69) is 11.3 Å². The topological polar surface area (TPSA) is 46.6 Å². The molecule has 1 amide bonds. The Hall–Kier alpha value is -1.32. The first-order chi connectivity index (χ1) is 8.05. The van der Waals surface area contributed by atoms with Gasteiger partial charge in [0, 0.05) is 20.0 Å². The average molecular weight is 239 g/mol. The number of rotatable bonds is 5. The molecule has 0 bridgehead atoms. The molecule has 0 saturated carbocycles. The van der Waals surface area contributed by atoms with Crippen LogP contribution in [0.1, 0.15) is 32.1 Å². The predicted octanol–water partition coefficient (Wildman–Crippen LogP) is 1.75. The lowest BCUT2D eigenvalue weighted by molar-refractivity contribution is -0.147. The molecular weight excluding hydrogens is 218 g/mol. The SMILES string of the molecule is C=CC[C@]1(CCC(=O)OC)CCCN(C)C1=O. The predicted molar refractivity (Wildman–Crippen MR) is 65.4 cm³/mol. The van der Waals surface area contributed by atoms with Gasteiger partial charge in [-0.3, -0.25) is 9.59 Å². The van der Waals surface area contributed by atoms with Crippen molar-refractivity contribution < 1.29 is 14.3 Å². The first-order valence-corrected chi connectivity index (χ1v) is 5.99. The average Bonchev–Trinajstić information content (AvgIpc) is 2.33. The Morgan fingerprint density at radius 2 is 2.35 bits per heavy atom. The van der Waals surface area contributed by atoms with Gasteiger partial charge in [-0.2, -0.15) is 0 Å². The van der Waals surface area contributed by atoms with Gasteiger partial charge in [-0.1, -0.05) is 6.08 Å². The minimum Gasteiger partial charge on any atom is -0.469 e. The second-order valence-electron chi connectivity index (χ2n) is 4.68. The normalized spacial score (nSPS) is 24.6. The number of methoxy groups -OCH3 is 1. The molecule has 1 fully saturated rings. The van der Waals surface area contributed by atoms with E-state index in [1.165, 1.54) is 7.11 Å². The highest BCUT2D eigenvalue weighted by molar-refractivity contribution is 5.84. The fourth-order valence-corrected chi connectivity index (χ4v) is 2.51. The zero-order valence-corrected chi connectivity index (χ0v) is 10.7. The third kappa shape index (κ3) is 3.08. The van der Waals surface area contributed by atoms with E-state index in [0.29, 0.717) is 19.3 Å². The highest BCUT2D eigenvalue weighted by Gasteiger charge is 2.41. The number of likely N-dealkylation sites (tertiary alicyclic amines) is 1. The second kappa shape index (κ2) is 5.84. The molecule has 0 N–H and O–H groups in total. The molecule has 1 aliphatic heterocycles. The molecule has 0 aromatic heterocycles. The van der Waals surface area contributed by atoms with Crippen molar-refractivity contribution in [2.45, 2.75) is 32.1 Å². The third-order valence-corrected chi connectivity index (χ3v) is 3.52. The molecule has 4 heteroatoms. The molecule has 0 unspecified atom stereocenters. The van der Waals surface area contributed by atoms with Crippen molar-refractivity contribution >= 4 is 11.9 Å². The summed E-state index contributed by atoms with van der Waals surface area (Å²) in [5.41, 5.74) is -0.442. The molecule has 1 heterocycles. The smallest absolute Gasteiger partial charge is 0.305 e. The standard InChI is InChI=1S/C13H21NO3/c1-4-7-13(9-6-11(15)17-3)8-5-10-14(2)12(13)16/h4H,1,5-10H2,2-3H3/t13-/m1/s1. The van der Waals surface area contributed by atoms with Gasteiger partial charge < -0.3 is 9.64 Å². The minimum absolute atomic E-state index is 0.132. The highest BCUT2D eigenvalue weighted by Crippen LogP contribution is 2.39. The van der Waals surface area contributed by atoms with Gasteiger partial charge in [0.15, 0.2) is 0 Å². The quantitative estimate of drug-likeness (QED) is 0.542. The Morgan fingerprint density at radius 3 is 2.94 bits per heavy atom. The van der Waals surface area contributed by atoms with Crippen LogP contribution in [0.3, 0.4) is 0 Å². The largest absolute Gasteiger partial charge is 0.469 e. The second-order valence-corrected chi connectivity index (χ2v) is 4.68.